The van der Waals surface area contributed by atoms with Gasteiger partial charge in [-0.3, -0.25) is 0 Å². The van der Waals surface area contributed by atoms with Gasteiger partial charge in [0.1, 0.15) is 0 Å². The number of aromatic nitrogens is 2. The predicted octanol–water partition coefficient (Wildman–Crippen LogP) is 1.75. The number of benzene rings is 1. The Hall–Kier alpha value is -3.54. The van der Waals surface area contributed by atoms with Crippen LogP contribution in [0.4, 0.5) is 0 Å². The van der Waals surface area contributed by atoms with Crippen LogP contribution < -0.4 is 9.13 Å². The van der Waals surface area contributed by atoms with E-state index in [1.165, 1.54) is 0 Å². The minimum atomic E-state index is -0.935. The first kappa shape index (κ1) is 17.3. The summed E-state index contributed by atoms with van der Waals surface area (Å²) in [5.74, 6) is -1.87. The standard InChI is InChI=1S/C20H16N2O4/c23-19(24)17-5-9-21(10-6-17)13-15-1-2-16(4-3-15)14-22-11-7-18(8-12-22)20(25)26/h1-12H,13-14H2/p+2. The lowest BCUT2D eigenvalue weighted by Gasteiger charge is -2.01. The summed E-state index contributed by atoms with van der Waals surface area (Å²) in [6, 6.07) is 14.4. The molecule has 0 saturated carbocycles. The van der Waals surface area contributed by atoms with Gasteiger partial charge in [0.2, 0.25) is 0 Å². The molecule has 26 heavy (non-hydrogen) atoms. The minimum absolute atomic E-state index is 0.266. The smallest absolute Gasteiger partial charge is 0.336 e. The molecule has 0 fully saturated rings. The van der Waals surface area contributed by atoms with Crippen LogP contribution in [0.2, 0.25) is 0 Å². The van der Waals surface area contributed by atoms with Crippen LogP contribution in [0.15, 0.2) is 73.3 Å². The second-order valence-electron chi connectivity index (χ2n) is 5.95. The van der Waals surface area contributed by atoms with E-state index in [0.29, 0.717) is 13.1 Å². The quantitative estimate of drug-likeness (QED) is 0.664. The summed E-state index contributed by atoms with van der Waals surface area (Å²) in [7, 11) is 0. The molecule has 130 valence electrons. The Labute approximate surface area is 150 Å². The third-order valence-electron chi connectivity index (χ3n) is 4.03. The molecule has 0 aliphatic rings. The average Bonchev–Trinajstić information content (AvgIpc) is 2.64. The molecule has 6 heteroatoms. The lowest BCUT2D eigenvalue weighted by atomic mass is 10.1. The van der Waals surface area contributed by atoms with Crippen LogP contribution in [0.5, 0.6) is 0 Å². The highest BCUT2D eigenvalue weighted by atomic mass is 16.4. The maximum Gasteiger partial charge on any atom is 0.336 e. The summed E-state index contributed by atoms with van der Waals surface area (Å²) in [4.78, 5) is 21.7. The van der Waals surface area contributed by atoms with E-state index in [0.717, 1.165) is 11.1 Å². The molecule has 0 aliphatic carbocycles. The second-order valence-corrected chi connectivity index (χ2v) is 5.95. The Kier molecular flexibility index (Phi) is 5.03. The van der Waals surface area contributed by atoms with Crippen molar-refractivity contribution in [2.24, 2.45) is 0 Å². The average molecular weight is 350 g/mol. The van der Waals surface area contributed by atoms with Crippen LogP contribution in [0.1, 0.15) is 31.8 Å². The molecule has 1 aromatic carbocycles. The lowest BCUT2D eigenvalue weighted by Crippen LogP contribution is -2.34. The number of hydrogen-bond acceptors (Lipinski definition) is 2. The maximum atomic E-state index is 10.9. The van der Waals surface area contributed by atoms with E-state index in [4.69, 9.17) is 10.2 Å². The van der Waals surface area contributed by atoms with Gasteiger partial charge in [0, 0.05) is 35.4 Å². The SMILES string of the molecule is O=C(O)c1cc[n+](Cc2ccc(C[n+]3ccc(C(=O)O)cc3)cc2)cc1. The van der Waals surface area contributed by atoms with Crippen molar-refractivity contribution >= 4 is 11.9 Å². The summed E-state index contributed by atoms with van der Waals surface area (Å²) in [6.45, 7) is 1.31. The van der Waals surface area contributed by atoms with Crippen LogP contribution in [-0.4, -0.2) is 22.2 Å². The van der Waals surface area contributed by atoms with Gasteiger partial charge in [-0.25, -0.2) is 18.7 Å². The van der Waals surface area contributed by atoms with Crippen LogP contribution in [0.3, 0.4) is 0 Å². The summed E-state index contributed by atoms with van der Waals surface area (Å²) in [5, 5.41) is 17.8. The predicted molar refractivity (Wildman–Crippen MR) is 91.8 cm³/mol. The van der Waals surface area contributed by atoms with E-state index in [9.17, 15) is 9.59 Å². The highest BCUT2D eigenvalue weighted by molar-refractivity contribution is 5.87. The zero-order valence-electron chi connectivity index (χ0n) is 13.9. The highest BCUT2D eigenvalue weighted by Gasteiger charge is 2.09. The Morgan fingerprint density at radius 2 is 0.923 bits per heavy atom. The van der Waals surface area contributed by atoms with Crippen molar-refractivity contribution in [3.63, 3.8) is 0 Å². The van der Waals surface area contributed by atoms with Gasteiger partial charge in [-0.05, 0) is 0 Å². The summed E-state index contributed by atoms with van der Waals surface area (Å²) < 4.78 is 3.83. The number of carboxylic acid groups (broad SMARTS) is 2. The normalized spacial score (nSPS) is 10.5. The largest absolute Gasteiger partial charge is 0.478 e. The molecule has 3 rings (SSSR count). The topological polar surface area (TPSA) is 82.4 Å². The second kappa shape index (κ2) is 7.57. The Balaban J connectivity index is 1.64. The van der Waals surface area contributed by atoms with E-state index < -0.39 is 11.9 Å². The summed E-state index contributed by atoms with van der Waals surface area (Å²) in [6.07, 6.45) is 6.99. The van der Waals surface area contributed by atoms with Gasteiger partial charge in [-0.15, -0.1) is 0 Å². The number of carboxylic acids is 2. The van der Waals surface area contributed by atoms with E-state index >= 15 is 0 Å². The molecule has 2 heterocycles. The number of nitrogens with zero attached hydrogens (tertiary/aromatic N) is 2. The first-order valence-corrected chi connectivity index (χ1v) is 8.04. The van der Waals surface area contributed by atoms with Crippen molar-refractivity contribution in [2.45, 2.75) is 13.1 Å². The Bertz CT molecular complexity index is 839. The number of aromatic carboxylic acids is 2. The fourth-order valence-electron chi connectivity index (χ4n) is 2.58. The van der Waals surface area contributed by atoms with E-state index in [1.807, 2.05) is 33.4 Å². The number of pyridine rings is 2. The zero-order chi connectivity index (χ0) is 18.5. The monoisotopic (exact) mass is 350 g/mol. The third kappa shape index (κ3) is 4.30. The number of rotatable bonds is 6. The molecule has 0 amide bonds. The molecule has 2 N–H and O–H groups in total. The van der Waals surface area contributed by atoms with E-state index in [1.54, 1.807) is 49.1 Å². The first-order valence-electron chi connectivity index (χ1n) is 8.04. The Morgan fingerprint density at radius 1 is 0.615 bits per heavy atom. The number of hydrogen-bond donors (Lipinski definition) is 2. The van der Waals surface area contributed by atoms with Crippen molar-refractivity contribution < 1.29 is 28.9 Å². The molecule has 0 aliphatic heterocycles. The fraction of sp³-hybridized carbons (Fsp3) is 0.100. The van der Waals surface area contributed by atoms with Crippen molar-refractivity contribution in [3.05, 3.63) is 95.6 Å². The third-order valence-corrected chi connectivity index (χ3v) is 4.03. The van der Waals surface area contributed by atoms with E-state index in [-0.39, 0.29) is 11.1 Å². The minimum Gasteiger partial charge on any atom is -0.478 e. The molecule has 0 spiro atoms. The van der Waals surface area contributed by atoms with Gasteiger partial charge < -0.3 is 10.2 Å². The molecule has 0 saturated heterocycles. The maximum absolute atomic E-state index is 10.9. The molecule has 6 nitrogen and oxygen atoms in total. The zero-order valence-corrected chi connectivity index (χ0v) is 13.9. The Morgan fingerprint density at radius 3 is 1.19 bits per heavy atom. The van der Waals surface area contributed by atoms with Crippen LogP contribution in [-0.2, 0) is 13.1 Å². The van der Waals surface area contributed by atoms with Gasteiger partial charge in [0.05, 0.1) is 11.1 Å². The summed E-state index contributed by atoms with van der Waals surface area (Å²) >= 11 is 0. The fourth-order valence-corrected chi connectivity index (χ4v) is 2.58. The van der Waals surface area contributed by atoms with Crippen molar-refractivity contribution in [3.8, 4) is 0 Å². The molecule has 3 aromatic rings. The van der Waals surface area contributed by atoms with E-state index in [2.05, 4.69) is 0 Å². The molecular weight excluding hydrogens is 332 g/mol. The first-order chi connectivity index (χ1) is 12.5. The lowest BCUT2D eigenvalue weighted by molar-refractivity contribution is -0.689. The van der Waals surface area contributed by atoms with Gasteiger partial charge in [-0.2, -0.15) is 0 Å². The molecular formula is C20H18N2O4+2. The molecule has 2 aromatic heterocycles. The van der Waals surface area contributed by atoms with Crippen LogP contribution in [0.25, 0.3) is 0 Å². The van der Waals surface area contributed by atoms with Crippen molar-refractivity contribution in [1.29, 1.82) is 0 Å². The highest BCUT2D eigenvalue weighted by Crippen LogP contribution is 2.05. The van der Waals surface area contributed by atoms with Gasteiger partial charge in [0.25, 0.3) is 0 Å². The summed E-state index contributed by atoms with van der Waals surface area (Å²) in [5.41, 5.74) is 2.74. The molecule has 0 unspecified atom stereocenters. The van der Waals surface area contributed by atoms with Crippen LogP contribution >= 0.6 is 0 Å². The molecule has 0 atom stereocenters. The van der Waals surface area contributed by atoms with Crippen molar-refractivity contribution in [2.75, 3.05) is 0 Å². The van der Waals surface area contributed by atoms with Gasteiger partial charge in [0.15, 0.2) is 37.9 Å². The molecule has 0 bridgehead atoms. The van der Waals surface area contributed by atoms with Gasteiger partial charge >= 0.3 is 11.9 Å². The van der Waals surface area contributed by atoms with Crippen molar-refractivity contribution in [1.82, 2.24) is 0 Å². The number of carbonyl (C=O) groups is 2. The van der Waals surface area contributed by atoms with Crippen LogP contribution in [0, 0.1) is 0 Å². The van der Waals surface area contributed by atoms with Gasteiger partial charge in [-0.1, -0.05) is 24.3 Å². The molecule has 0 radical (unpaired) electrons.